The molecule has 1 saturated carbocycles. The Hall–Kier alpha value is -2.51. The predicted molar refractivity (Wildman–Crippen MR) is 132 cm³/mol. The number of amides is 1. The molecule has 0 saturated heterocycles. The van der Waals surface area contributed by atoms with E-state index in [9.17, 15) is 4.79 Å². The number of carbonyl (C=O) groups is 1. The molecule has 1 fully saturated rings. The largest absolute Gasteiger partial charge is 0.383 e. The Bertz CT molecular complexity index is 951. The number of carbonyl (C=O) groups excluding carboxylic acids is 1. The van der Waals surface area contributed by atoms with E-state index in [4.69, 9.17) is 9.72 Å². The smallest absolute Gasteiger partial charge is 0.251 e. The fourth-order valence-corrected chi connectivity index (χ4v) is 5.24. The monoisotopic (exact) mass is 451 g/mol. The number of nitrogens with one attached hydrogen (secondary N) is 3. The minimum atomic E-state index is -0.0245. The summed E-state index contributed by atoms with van der Waals surface area (Å²) < 4.78 is 5.13. The highest BCUT2D eigenvalue weighted by Crippen LogP contribution is 2.38. The second-order valence-electron chi connectivity index (χ2n) is 9.34. The second-order valence-corrected chi connectivity index (χ2v) is 9.34. The maximum absolute atomic E-state index is 12.5. The summed E-state index contributed by atoms with van der Waals surface area (Å²) in [5, 5.41) is 10.2. The van der Waals surface area contributed by atoms with Gasteiger partial charge in [-0.05, 0) is 62.3 Å². The highest BCUT2D eigenvalue weighted by molar-refractivity contribution is 5.98. The number of rotatable bonds is 9. The predicted octanol–water partition coefficient (Wildman–Crippen LogP) is 3.90. The Balaban J connectivity index is 1.47. The van der Waals surface area contributed by atoms with E-state index >= 15 is 0 Å². The van der Waals surface area contributed by atoms with Gasteiger partial charge in [0.15, 0.2) is 0 Å². The third-order valence-electron chi connectivity index (χ3n) is 7.53. The zero-order valence-corrected chi connectivity index (χ0v) is 20.1. The number of hydrogen-bond donors (Lipinski definition) is 3. The van der Waals surface area contributed by atoms with Crippen molar-refractivity contribution in [2.45, 2.75) is 69.9 Å². The average molecular weight is 452 g/mol. The quantitative estimate of drug-likeness (QED) is 0.501. The van der Waals surface area contributed by atoms with Crippen molar-refractivity contribution in [3.63, 3.8) is 0 Å². The first-order valence-corrected chi connectivity index (χ1v) is 12.3. The molecule has 2 aromatic rings. The molecular weight excluding hydrogens is 414 g/mol. The zero-order chi connectivity index (χ0) is 23.3. The number of hydrogen-bond acceptors (Lipinski definition) is 6. The van der Waals surface area contributed by atoms with Gasteiger partial charge in [0.25, 0.3) is 5.91 Å². The topological polar surface area (TPSA) is 88.2 Å². The van der Waals surface area contributed by atoms with Crippen molar-refractivity contribution in [1.29, 1.82) is 0 Å². The number of benzene rings is 1. The molecule has 2 aliphatic rings. The van der Waals surface area contributed by atoms with Gasteiger partial charge in [-0.3, -0.25) is 4.79 Å². The fourth-order valence-electron chi connectivity index (χ4n) is 5.24. The maximum Gasteiger partial charge on any atom is 0.251 e. The molecule has 178 valence electrons. The van der Waals surface area contributed by atoms with E-state index < -0.39 is 0 Å². The molecule has 7 heteroatoms. The molecule has 1 aromatic carbocycles. The number of fused-ring (bicyclic) bond motifs is 1. The number of methoxy groups -OCH3 is 1. The molecule has 0 unspecified atom stereocenters. The number of nitrogens with zero attached hydrogens (tertiary/aromatic N) is 2. The van der Waals surface area contributed by atoms with Gasteiger partial charge in [0.1, 0.15) is 0 Å². The Morgan fingerprint density at radius 2 is 1.88 bits per heavy atom. The van der Waals surface area contributed by atoms with E-state index in [1.165, 1.54) is 0 Å². The van der Waals surface area contributed by atoms with Gasteiger partial charge in [-0.25, -0.2) is 9.97 Å². The molecule has 0 bridgehead atoms. The van der Waals surface area contributed by atoms with Gasteiger partial charge in [-0.1, -0.05) is 19.9 Å². The van der Waals surface area contributed by atoms with Gasteiger partial charge >= 0.3 is 0 Å². The summed E-state index contributed by atoms with van der Waals surface area (Å²) in [6.07, 6.45) is 8.28. The van der Waals surface area contributed by atoms with Crippen LogP contribution in [-0.2, 0) is 10.2 Å². The first kappa shape index (κ1) is 23.6. The van der Waals surface area contributed by atoms with Crippen LogP contribution in [0.3, 0.4) is 0 Å². The normalized spacial score (nSPS) is 21.8. The number of ether oxygens (including phenoxy) is 1. The van der Waals surface area contributed by atoms with Crippen molar-refractivity contribution in [3.05, 3.63) is 41.6 Å². The molecule has 0 radical (unpaired) electrons. The summed E-state index contributed by atoms with van der Waals surface area (Å²) in [5.74, 6) is 0.697. The molecule has 0 spiro atoms. The van der Waals surface area contributed by atoms with Crippen LogP contribution in [0.1, 0.15) is 68.3 Å². The lowest BCUT2D eigenvalue weighted by Gasteiger charge is -2.38. The first-order chi connectivity index (χ1) is 16.1. The van der Waals surface area contributed by atoms with Crippen LogP contribution in [-0.4, -0.2) is 54.8 Å². The summed E-state index contributed by atoms with van der Waals surface area (Å²) in [4.78, 5) is 21.8. The highest BCUT2D eigenvalue weighted by atomic mass is 16.5. The lowest BCUT2D eigenvalue weighted by atomic mass is 9.71. The Kier molecular flexibility index (Phi) is 7.60. The Labute approximate surface area is 197 Å². The van der Waals surface area contributed by atoms with E-state index in [0.717, 1.165) is 74.1 Å². The van der Waals surface area contributed by atoms with Crippen LogP contribution in [0.4, 0.5) is 5.95 Å². The van der Waals surface area contributed by atoms with Crippen molar-refractivity contribution in [3.8, 4) is 11.3 Å². The van der Waals surface area contributed by atoms with E-state index in [2.05, 4.69) is 40.8 Å². The lowest BCUT2D eigenvalue weighted by Crippen LogP contribution is -2.46. The van der Waals surface area contributed by atoms with Crippen molar-refractivity contribution in [2.24, 2.45) is 0 Å². The van der Waals surface area contributed by atoms with Gasteiger partial charge in [-0.2, -0.15) is 0 Å². The number of anilines is 1. The Morgan fingerprint density at radius 1 is 1.12 bits per heavy atom. The minimum Gasteiger partial charge on any atom is -0.383 e. The van der Waals surface area contributed by atoms with Crippen LogP contribution in [0.25, 0.3) is 11.3 Å². The van der Waals surface area contributed by atoms with Crippen LogP contribution in [0.15, 0.2) is 30.5 Å². The molecule has 1 aliphatic heterocycles. The van der Waals surface area contributed by atoms with E-state index in [-0.39, 0.29) is 11.3 Å². The molecule has 1 amide bonds. The maximum atomic E-state index is 12.5. The third kappa shape index (κ3) is 5.20. The SMILES string of the molecule is CCC1(CC)CNC(=O)c2ccc(-c3ccnc(N[C@H]4CC[C@H](NCCOC)CC4)n3)cc21. The molecule has 4 rings (SSSR count). The molecule has 1 aliphatic carbocycles. The summed E-state index contributed by atoms with van der Waals surface area (Å²) in [6, 6.07) is 9.03. The number of aromatic nitrogens is 2. The van der Waals surface area contributed by atoms with E-state index in [1.807, 2.05) is 24.4 Å². The van der Waals surface area contributed by atoms with Gasteiger partial charge in [-0.15, -0.1) is 0 Å². The van der Waals surface area contributed by atoms with Gasteiger partial charge in [0, 0.05) is 55.0 Å². The summed E-state index contributed by atoms with van der Waals surface area (Å²) >= 11 is 0. The van der Waals surface area contributed by atoms with Crippen molar-refractivity contribution in [2.75, 3.05) is 32.1 Å². The summed E-state index contributed by atoms with van der Waals surface area (Å²) in [5.41, 5.74) is 3.82. The van der Waals surface area contributed by atoms with Crippen LogP contribution in [0.2, 0.25) is 0 Å². The second kappa shape index (κ2) is 10.6. The van der Waals surface area contributed by atoms with E-state index in [1.54, 1.807) is 7.11 Å². The van der Waals surface area contributed by atoms with Crippen LogP contribution in [0, 0.1) is 0 Å². The van der Waals surface area contributed by atoms with Crippen LogP contribution >= 0.6 is 0 Å². The molecule has 3 N–H and O–H groups in total. The zero-order valence-electron chi connectivity index (χ0n) is 20.1. The summed E-state index contributed by atoms with van der Waals surface area (Å²) in [7, 11) is 1.74. The molecule has 0 atom stereocenters. The minimum absolute atomic E-state index is 0.0198. The van der Waals surface area contributed by atoms with E-state index in [0.29, 0.717) is 24.6 Å². The Morgan fingerprint density at radius 3 is 2.61 bits per heavy atom. The van der Waals surface area contributed by atoms with Gasteiger partial charge in [0.2, 0.25) is 5.95 Å². The fraction of sp³-hybridized carbons (Fsp3) is 0.577. The average Bonchev–Trinajstić information content (AvgIpc) is 2.86. The van der Waals surface area contributed by atoms with Crippen LogP contribution < -0.4 is 16.0 Å². The third-order valence-corrected chi connectivity index (χ3v) is 7.53. The molecule has 7 nitrogen and oxygen atoms in total. The van der Waals surface area contributed by atoms with Crippen molar-refractivity contribution >= 4 is 11.9 Å². The van der Waals surface area contributed by atoms with Crippen molar-refractivity contribution < 1.29 is 9.53 Å². The van der Waals surface area contributed by atoms with Gasteiger partial charge < -0.3 is 20.7 Å². The summed E-state index contributed by atoms with van der Waals surface area (Å²) in [6.45, 7) is 6.75. The first-order valence-electron chi connectivity index (χ1n) is 12.3. The van der Waals surface area contributed by atoms with Gasteiger partial charge in [0.05, 0.1) is 12.3 Å². The molecular formula is C26H37N5O2. The van der Waals surface area contributed by atoms with Crippen molar-refractivity contribution in [1.82, 2.24) is 20.6 Å². The molecule has 1 aromatic heterocycles. The lowest BCUT2D eigenvalue weighted by molar-refractivity contribution is 0.0921. The molecule has 33 heavy (non-hydrogen) atoms. The highest BCUT2D eigenvalue weighted by Gasteiger charge is 2.36. The standard InChI is InChI=1S/C26H37N5O2/c1-4-26(5-2)17-29-24(32)21-11-6-18(16-22(21)26)23-12-13-28-25(31-23)30-20-9-7-19(8-10-20)27-14-15-33-3/h6,11-13,16,19-20,27H,4-5,7-10,14-15,17H2,1-3H3,(H,29,32)(H,28,30,31)/t19-,20-. The van der Waals surface area contributed by atoms with Crippen LogP contribution in [0.5, 0.6) is 0 Å². The molecule has 2 heterocycles.